The molecule has 0 saturated heterocycles. The second-order valence-electron chi connectivity index (χ2n) is 7.83. The van der Waals surface area contributed by atoms with Gasteiger partial charge in [-0.1, -0.05) is 97.3 Å². The van der Waals surface area contributed by atoms with Crippen molar-refractivity contribution in [3.8, 4) is 0 Å². The molecule has 158 valence electrons. The predicted octanol–water partition coefficient (Wildman–Crippen LogP) is 6.28. The lowest BCUT2D eigenvalue weighted by Gasteiger charge is -2.15. The van der Waals surface area contributed by atoms with Gasteiger partial charge < -0.3 is 5.11 Å². The summed E-state index contributed by atoms with van der Waals surface area (Å²) in [5.41, 5.74) is 0. The van der Waals surface area contributed by atoms with E-state index in [4.69, 9.17) is 0 Å². The van der Waals surface area contributed by atoms with Crippen molar-refractivity contribution in [3.63, 3.8) is 0 Å². The standard InChI is InChI=1S/C21H44O4S/c1-3-5-7-8-9-10-11-12-13-18-21(26(23,24)25)19-15-14-17-20(22)16-6-4-2/h20-22H,3-19H2,1-2H3,(H,23,24,25). The third-order valence-electron chi connectivity index (χ3n) is 5.26. The Morgan fingerprint density at radius 1 is 0.615 bits per heavy atom. The second-order valence-corrected chi connectivity index (χ2v) is 9.53. The molecule has 0 aromatic carbocycles. The van der Waals surface area contributed by atoms with E-state index in [0.29, 0.717) is 12.8 Å². The third kappa shape index (κ3) is 16.1. The average Bonchev–Trinajstić information content (AvgIpc) is 2.59. The number of hydrogen-bond acceptors (Lipinski definition) is 3. The molecule has 0 aliphatic rings. The summed E-state index contributed by atoms with van der Waals surface area (Å²) in [6, 6.07) is 0. The molecule has 2 N–H and O–H groups in total. The topological polar surface area (TPSA) is 74.6 Å². The normalized spacial score (nSPS) is 14.5. The van der Waals surface area contributed by atoms with Crippen molar-refractivity contribution >= 4 is 10.1 Å². The monoisotopic (exact) mass is 392 g/mol. The lowest BCUT2D eigenvalue weighted by molar-refractivity contribution is 0.148. The number of aliphatic hydroxyl groups excluding tert-OH is 1. The number of rotatable bonds is 19. The van der Waals surface area contributed by atoms with E-state index in [1.165, 1.54) is 38.5 Å². The summed E-state index contributed by atoms with van der Waals surface area (Å²) < 4.78 is 32.6. The highest BCUT2D eigenvalue weighted by Gasteiger charge is 2.22. The molecule has 0 amide bonds. The Hall–Kier alpha value is -0.130. The SMILES string of the molecule is CCCCCCCCCCCC(CCCCC(O)CCCC)S(=O)(=O)O. The van der Waals surface area contributed by atoms with Crippen LogP contribution in [0.1, 0.15) is 123 Å². The van der Waals surface area contributed by atoms with Crippen LogP contribution in [0.15, 0.2) is 0 Å². The van der Waals surface area contributed by atoms with Gasteiger partial charge >= 0.3 is 0 Å². The molecule has 2 atom stereocenters. The highest BCUT2D eigenvalue weighted by molar-refractivity contribution is 7.86. The molecule has 26 heavy (non-hydrogen) atoms. The van der Waals surface area contributed by atoms with Gasteiger partial charge in [-0.2, -0.15) is 8.42 Å². The molecule has 0 aliphatic heterocycles. The van der Waals surface area contributed by atoms with Gasteiger partial charge in [-0.3, -0.25) is 4.55 Å². The molecule has 4 nitrogen and oxygen atoms in total. The maximum atomic E-state index is 11.6. The summed E-state index contributed by atoms with van der Waals surface area (Å²) >= 11 is 0. The Morgan fingerprint density at radius 3 is 1.50 bits per heavy atom. The van der Waals surface area contributed by atoms with Crippen LogP contribution in [0.5, 0.6) is 0 Å². The average molecular weight is 393 g/mol. The number of hydrogen-bond donors (Lipinski definition) is 2. The maximum Gasteiger partial charge on any atom is 0.267 e. The summed E-state index contributed by atoms with van der Waals surface area (Å²) in [4.78, 5) is 0. The molecule has 0 aromatic heterocycles. The van der Waals surface area contributed by atoms with E-state index in [2.05, 4.69) is 13.8 Å². The minimum Gasteiger partial charge on any atom is -0.393 e. The maximum absolute atomic E-state index is 11.6. The predicted molar refractivity (Wildman–Crippen MR) is 111 cm³/mol. The van der Waals surface area contributed by atoms with Gasteiger partial charge in [0.2, 0.25) is 0 Å². The van der Waals surface area contributed by atoms with Crippen molar-refractivity contribution in [2.75, 3.05) is 0 Å². The minimum absolute atomic E-state index is 0.267. The van der Waals surface area contributed by atoms with Crippen molar-refractivity contribution in [2.24, 2.45) is 0 Å². The molecule has 5 heteroatoms. The molecule has 2 unspecified atom stereocenters. The van der Waals surface area contributed by atoms with Crippen LogP contribution >= 0.6 is 0 Å². The van der Waals surface area contributed by atoms with Crippen molar-refractivity contribution < 1.29 is 18.1 Å². The van der Waals surface area contributed by atoms with Crippen molar-refractivity contribution in [3.05, 3.63) is 0 Å². The van der Waals surface area contributed by atoms with E-state index in [1.807, 2.05) is 0 Å². The molecule has 0 bridgehead atoms. The van der Waals surface area contributed by atoms with Crippen LogP contribution in [-0.2, 0) is 10.1 Å². The largest absolute Gasteiger partial charge is 0.393 e. The summed E-state index contributed by atoms with van der Waals surface area (Å²) in [7, 11) is -3.95. The van der Waals surface area contributed by atoms with E-state index in [0.717, 1.165) is 57.8 Å². The van der Waals surface area contributed by atoms with Gasteiger partial charge in [-0.25, -0.2) is 0 Å². The zero-order valence-electron chi connectivity index (χ0n) is 17.3. The summed E-state index contributed by atoms with van der Waals surface area (Å²) in [5, 5.41) is 9.20. The Labute approximate surface area is 162 Å². The number of aliphatic hydroxyl groups is 1. The van der Waals surface area contributed by atoms with Gasteiger partial charge in [0.05, 0.1) is 11.4 Å². The van der Waals surface area contributed by atoms with E-state index in [9.17, 15) is 18.1 Å². The van der Waals surface area contributed by atoms with Crippen LogP contribution < -0.4 is 0 Å². The smallest absolute Gasteiger partial charge is 0.267 e. The zero-order chi connectivity index (χ0) is 19.7. The van der Waals surface area contributed by atoms with E-state index < -0.39 is 15.4 Å². The first-order valence-electron chi connectivity index (χ1n) is 11.1. The van der Waals surface area contributed by atoms with Gasteiger partial charge in [0.15, 0.2) is 0 Å². The molecule has 0 rings (SSSR count). The number of unbranched alkanes of at least 4 members (excludes halogenated alkanes) is 10. The van der Waals surface area contributed by atoms with Gasteiger partial charge in [-0.15, -0.1) is 0 Å². The Kier molecular flexibility index (Phi) is 16.9. The van der Waals surface area contributed by atoms with Crippen molar-refractivity contribution in [2.45, 2.75) is 134 Å². The summed E-state index contributed by atoms with van der Waals surface area (Å²) in [6.07, 6.45) is 16.9. The Bertz CT molecular complexity index is 395. The van der Waals surface area contributed by atoms with Crippen LogP contribution in [-0.4, -0.2) is 29.4 Å². The molecular formula is C21H44O4S. The highest BCUT2D eigenvalue weighted by Crippen LogP contribution is 2.19. The van der Waals surface area contributed by atoms with Gasteiger partial charge in [-0.05, 0) is 25.7 Å². The minimum atomic E-state index is -3.95. The first-order chi connectivity index (χ1) is 12.4. The molecule has 0 aliphatic carbocycles. The van der Waals surface area contributed by atoms with Gasteiger partial charge in [0.25, 0.3) is 10.1 Å². The Balaban J connectivity index is 3.81. The van der Waals surface area contributed by atoms with Crippen LogP contribution in [0.4, 0.5) is 0 Å². The summed E-state index contributed by atoms with van der Waals surface area (Å²) in [6.45, 7) is 4.33. The lowest BCUT2D eigenvalue weighted by Crippen LogP contribution is -2.20. The molecule has 0 saturated carbocycles. The van der Waals surface area contributed by atoms with E-state index >= 15 is 0 Å². The Morgan fingerprint density at radius 2 is 1.00 bits per heavy atom. The molecular weight excluding hydrogens is 348 g/mol. The fourth-order valence-corrected chi connectivity index (χ4v) is 4.39. The first-order valence-corrected chi connectivity index (χ1v) is 12.6. The van der Waals surface area contributed by atoms with E-state index in [-0.39, 0.29) is 6.10 Å². The van der Waals surface area contributed by atoms with E-state index in [1.54, 1.807) is 0 Å². The first kappa shape index (κ1) is 25.9. The third-order valence-corrected chi connectivity index (χ3v) is 6.57. The molecule has 0 radical (unpaired) electrons. The second kappa shape index (κ2) is 17.0. The van der Waals surface area contributed by atoms with Crippen LogP contribution in [0.2, 0.25) is 0 Å². The molecule has 0 fully saturated rings. The van der Waals surface area contributed by atoms with Crippen LogP contribution in [0, 0.1) is 0 Å². The van der Waals surface area contributed by atoms with Gasteiger partial charge in [0.1, 0.15) is 0 Å². The summed E-state index contributed by atoms with van der Waals surface area (Å²) in [5.74, 6) is 0. The van der Waals surface area contributed by atoms with Crippen LogP contribution in [0.3, 0.4) is 0 Å². The fourth-order valence-electron chi connectivity index (χ4n) is 3.46. The quantitative estimate of drug-likeness (QED) is 0.200. The van der Waals surface area contributed by atoms with Crippen LogP contribution in [0.25, 0.3) is 0 Å². The molecule has 0 spiro atoms. The molecule has 0 aromatic rings. The highest BCUT2D eigenvalue weighted by atomic mass is 32.2. The van der Waals surface area contributed by atoms with Gasteiger partial charge in [0, 0.05) is 0 Å². The zero-order valence-corrected chi connectivity index (χ0v) is 18.1. The van der Waals surface area contributed by atoms with Crippen molar-refractivity contribution in [1.29, 1.82) is 0 Å². The van der Waals surface area contributed by atoms with Crippen molar-refractivity contribution in [1.82, 2.24) is 0 Å². The molecule has 0 heterocycles. The fraction of sp³-hybridized carbons (Fsp3) is 1.00. The lowest BCUT2D eigenvalue weighted by atomic mass is 10.0.